The third-order valence-corrected chi connectivity index (χ3v) is 7.31. The number of carbonyl (C=O) groups excluding carboxylic acids is 1. The Morgan fingerprint density at radius 1 is 1.03 bits per heavy atom. The minimum atomic E-state index is 0.00178. The molecular weight excluding hydrogens is 444 g/mol. The Balaban J connectivity index is 1.48. The topological polar surface area (TPSA) is 60.1 Å². The van der Waals surface area contributed by atoms with Crippen molar-refractivity contribution in [3.63, 3.8) is 0 Å². The molecule has 0 radical (unpaired) electrons. The summed E-state index contributed by atoms with van der Waals surface area (Å²) in [6.07, 6.45) is 4.40. The molecule has 34 heavy (non-hydrogen) atoms. The standard InChI is InChI=1S/C27H28N4O2S/c1-3-15-31-26(33)25-24(22(17-29(25)2)20-8-5-4-6-9-20)28-27(31)34-18-19-11-13-21(14-12-19)30-16-7-10-23(30)32/h4-6,8-9,11-14,17H,3,7,10,15-16,18H2,1-2H3. The highest BCUT2D eigenvalue weighted by Gasteiger charge is 2.22. The summed E-state index contributed by atoms with van der Waals surface area (Å²) in [7, 11) is 1.91. The van der Waals surface area contributed by atoms with Crippen LogP contribution >= 0.6 is 11.8 Å². The van der Waals surface area contributed by atoms with E-state index >= 15 is 0 Å². The molecule has 1 aliphatic heterocycles. The van der Waals surface area contributed by atoms with Gasteiger partial charge in [0.1, 0.15) is 11.0 Å². The van der Waals surface area contributed by atoms with Gasteiger partial charge in [-0.05, 0) is 36.1 Å². The molecule has 5 rings (SSSR count). The summed E-state index contributed by atoms with van der Waals surface area (Å²) in [5, 5.41) is 0.738. The van der Waals surface area contributed by atoms with Crippen LogP contribution in [0.2, 0.25) is 0 Å². The Kier molecular flexibility index (Phi) is 6.28. The predicted molar refractivity (Wildman–Crippen MR) is 138 cm³/mol. The second kappa shape index (κ2) is 9.50. The van der Waals surface area contributed by atoms with Crippen LogP contribution in [0, 0.1) is 0 Å². The van der Waals surface area contributed by atoms with Gasteiger partial charge in [0, 0.05) is 49.8 Å². The van der Waals surface area contributed by atoms with Crippen LogP contribution in [0.3, 0.4) is 0 Å². The highest BCUT2D eigenvalue weighted by atomic mass is 32.2. The molecule has 0 spiro atoms. The van der Waals surface area contributed by atoms with Gasteiger partial charge in [-0.15, -0.1) is 0 Å². The molecule has 0 atom stereocenters. The van der Waals surface area contributed by atoms with Crippen LogP contribution < -0.4 is 10.5 Å². The highest BCUT2D eigenvalue weighted by Crippen LogP contribution is 2.30. The van der Waals surface area contributed by atoms with Crippen molar-refractivity contribution in [2.24, 2.45) is 7.05 Å². The average molecular weight is 473 g/mol. The molecule has 1 amide bonds. The summed E-state index contributed by atoms with van der Waals surface area (Å²) >= 11 is 1.58. The number of nitrogens with zero attached hydrogens (tertiary/aromatic N) is 4. The molecule has 7 heteroatoms. The third-order valence-electron chi connectivity index (χ3n) is 6.26. The van der Waals surface area contributed by atoms with E-state index in [-0.39, 0.29) is 11.5 Å². The van der Waals surface area contributed by atoms with E-state index in [0.717, 1.165) is 52.4 Å². The van der Waals surface area contributed by atoms with Crippen LogP contribution in [0.4, 0.5) is 5.69 Å². The van der Waals surface area contributed by atoms with Crippen molar-refractivity contribution < 1.29 is 4.79 Å². The van der Waals surface area contributed by atoms with Crippen LogP contribution in [0.25, 0.3) is 22.2 Å². The number of amides is 1. The van der Waals surface area contributed by atoms with Gasteiger partial charge in [0.25, 0.3) is 5.56 Å². The Bertz CT molecular complexity index is 1390. The predicted octanol–water partition coefficient (Wildman–Crippen LogP) is 5.23. The molecular formula is C27H28N4O2S. The van der Waals surface area contributed by atoms with E-state index in [0.29, 0.717) is 24.2 Å². The molecule has 0 unspecified atom stereocenters. The van der Waals surface area contributed by atoms with Gasteiger partial charge in [-0.3, -0.25) is 14.2 Å². The fourth-order valence-electron chi connectivity index (χ4n) is 4.55. The molecule has 6 nitrogen and oxygen atoms in total. The summed E-state index contributed by atoms with van der Waals surface area (Å²) in [5.74, 6) is 0.893. The molecule has 1 fully saturated rings. The van der Waals surface area contributed by atoms with Gasteiger partial charge >= 0.3 is 0 Å². The number of anilines is 1. The van der Waals surface area contributed by atoms with Gasteiger partial charge in [0.2, 0.25) is 5.91 Å². The molecule has 1 aliphatic rings. The van der Waals surface area contributed by atoms with Gasteiger partial charge in [-0.2, -0.15) is 0 Å². The van der Waals surface area contributed by atoms with Crippen LogP contribution in [-0.2, 0) is 24.1 Å². The Hall–Kier alpha value is -3.32. The zero-order chi connectivity index (χ0) is 23.7. The number of aryl methyl sites for hydroxylation is 1. The van der Waals surface area contributed by atoms with Crippen molar-refractivity contribution in [2.45, 2.75) is 43.6 Å². The van der Waals surface area contributed by atoms with Crippen molar-refractivity contribution in [3.8, 4) is 11.1 Å². The molecule has 4 aromatic rings. The number of carbonyl (C=O) groups is 1. The first-order chi connectivity index (χ1) is 16.6. The van der Waals surface area contributed by atoms with Crippen molar-refractivity contribution in [3.05, 3.63) is 76.7 Å². The lowest BCUT2D eigenvalue weighted by Crippen LogP contribution is -2.24. The zero-order valence-electron chi connectivity index (χ0n) is 19.5. The average Bonchev–Trinajstić information content (AvgIpc) is 3.43. The van der Waals surface area contributed by atoms with Crippen molar-refractivity contribution in [1.29, 1.82) is 0 Å². The monoisotopic (exact) mass is 472 g/mol. The number of thioether (sulfide) groups is 1. The lowest BCUT2D eigenvalue weighted by atomic mass is 10.1. The zero-order valence-corrected chi connectivity index (χ0v) is 20.3. The largest absolute Gasteiger partial charge is 0.344 e. The summed E-state index contributed by atoms with van der Waals surface area (Å²) in [6.45, 7) is 3.50. The van der Waals surface area contributed by atoms with Gasteiger partial charge in [-0.1, -0.05) is 61.2 Å². The first kappa shape index (κ1) is 22.5. The molecule has 0 saturated carbocycles. The van der Waals surface area contributed by atoms with E-state index in [4.69, 9.17) is 4.98 Å². The van der Waals surface area contributed by atoms with E-state index in [9.17, 15) is 9.59 Å². The van der Waals surface area contributed by atoms with Crippen LogP contribution in [0.1, 0.15) is 31.7 Å². The number of hydrogen-bond acceptors (Lipinski definition) is 4. The minimum Gasteiger partial charge on any atom is -0.344 e. The molecule has 174 valence electrons. The summed E-state index contributed by atoms with van der Waals surface area (Å²) in [6, 6.07) is 18.2. The van der Waals surface area contributed by atoms with Crippen molar-refractivity contribution >= 4 is 34.4 Å². The maximum absolute atomic E-state index is 13.5. The normalized spacial score (nSPS) is 13.8. The van der Waals surface area contributed by atoms with Gasteiger partial charge in [0.15, 0.2) is 5.16 Å². The van der Waals surface area contributed by atoms with Crippen LogP contribution in [0.15, 0.2) is 70.7 Å². The first-order valence-corrected chi connectivity index (χ1v) is 12.7. The molecule has 0 bridgehead atoms. The SMILES string of the molecule is CCCn1c(SCc2ccc(N3CCCC3=O)cc2)nc2c(-c3ccccc3)cn(C)c2c1=O. The van der Waals surface area contributed by atoms with E-state index in [1.807, 2.05) is 65.2 Å². The number of aromatic nitrogens is 3. The number of fused-ring (bicyclic) bond motifs is 1. The fraction of sp³-hybridized carbons (Fsp3) is 0.296. The molecule has 0 aliphatic carbocycles. The number of rotatable bonds is 7. The van der Waals surface area contributed by atoms with Crippen molar-refractivity contribution in [1.82, 2.24) is 14.1 Å². The van der Waals surface area contributed by atoms with Gasteiger partial charge < -0.3 is 9.47 Å². The maximum Gasteiger partial charge on any atom is 0.278 e. The third kappa shape index (κ3) is 4.16. The van der Waals surface area contributed by atoms with Crippen LogP contribution in [0.5, 0.6) is 0 Å². The summed E-state index contributed by atoms with van der Waals surface area (Å²) < 4.78 is 3.70. The molecule has 0 N–H and O–H groups in total. The van der Waals surface area contributed by atoms with E-state index in [1.165, 1.54) is 0 Å². The fourth-order valence-corrected chi connectivity index (χ4v) is 5.53. The molecule has 1 saturated heterocycles. The second-order valence-electron chi connectivity index (χ2n) is 8.67. The Morgan fingerprint density at radius 3 is 2.47 bits per heavy atom. The molecule has 2 aromatic heterocycles. The van der Waals surface area contributed by atoms with E-state index in [1.54, 1.807) is 16.3 Å². The number of hydrogen-bond donors (Lipinski definition) is 0. The highest BCUT2D eigenvalue weighted by molar-refractivity contribution is 7.98. The van der Waals surface area contributed by atoms with Gasteiger partial charge in [0.05, 0.1) is 0 Å². The quantitative estimate of drug-likeness (QED) is 0.273. The lowest BCUT2D eigenvalue weighted by Gasteiger charge is -2.16. The van der Waals surface area contributed by atoms with Crippen LogP contribution in [-0.4, -0.2) is 26.6 Å². The smallest absolute Gasteiger partial charge is 0.278 e. The first-order valence-electron chi connectivity index (χ1n) is 11.7. The Morgan fingerprint density at radius 2 is 1.79 bits per heavy atom. The maximum atomic E-state index is 13.5. The molecule has 2 aromatic carbocycles. The van der Waals surface area contributed by atoms with E-state index < -0.39 is 0 Å². The Labute approximate surface area is 203 Å². The summed E-state index contributed by atoms with van der Waals surface area (Å²) in [4.78, 5) is 32.4. The van der Waals surface area contributed by atoms with Crippen molar-refractivity contribution in [2.75, 3.05) is 11.4 Å². The van der Waals surface area contributed by atoms with E-state index in [2.05, 4.69) is 19.1 Å². The summed E-state index contributed by atoms with van der Waals surface area (Å²) in [5.41, 5.74) is 5.50. The lowest BCUT2D eigenvalue weighted by molar-refractivity contribution is -0.117. The number of benzene rings is 2. The molecule has 3 heterocycles. The van der Waals surface area contributed by atoms with Gasteiger partial charge in [-0.25, -0.2) is 4.98 Å². The second-order valence-corrected chi connectivity index (χ2v) is 9.61. The minimum absolute atomic E-state index is 0.00178.